The summed E-state index contributed by atoms with van der Waals surface area (Å²) in [7, 11) is 1.54. The van der Waals surface area contributed by atoms with Crippen LogP contribution in [0.4, 0.5) is 0 Å². The van der Waals surface area contributed by atoms with E-state index in [2.05, 4.69) is 10.5 Å². The lowest BCUT2D eigenvalue weighted by Crippen LogP contribution is -2.16. The van der Waals surface area contributed by atoms with Crippen LogP contribution in [-0.2, 0) is 11.4 Å². The lowest BCUT2D eigenvalue weighted by molar-refractivity contribution is -0.120. The number of nitrogens with one attached hydrogen (secondary N) is 1. The van der Waals surface area contributed by atoms with Gasteiger partial charge in [0.05, 0.1) is 19.4 Å². The average Bonchev–Trinajstić information content (AvgIpc) is 2.62. The largest absolute Gasteiger partial charge is 0.493 e. The molecule has 25 heavy (non-hydrogen) atoms. The minimum atomic E-state index is -0.467. The number of amides is 1. The number of hydrogen-bond donors (Lipinski definition) is 1. The molecule has 0 heterocycles. The molecule has 7 heteroatoms. The molecule has 2 aromatic rings. The molecule has 0 fully saturated rings. The topological polar surface area (TPSA) is 83.7 Å². The highest BCUT2D eigenvalue weighted by atomic mass is 35.5. The molecule has 0 atom stereocenters. The Bertz CT molecular complexity index is 815. The Morgan fingerprint density at radius 2 is 2.12 bits per heavy atom. The zero-order chi connectivity index (χ0) is 18.1. The average molecular weight is 358 g/mol. The zero-order valence-electron chi connectivity index (χ0n) is 13.5. The zero-order valence-corrected chi connectivity index (χ0v) is 14.3. The molecule has 0 bridgehead atoms. The number of carbonyl (C=O) groups is 1. The second kappa shape index (κ2) is 9.30. The minimum absolute atomic E-state index is 0.241. The van der Waals surface area contributed by atoms with E-state index in [-0.39, 0.29) is 6.42 Å². The lowest BCUT2D eigenvalue weighted by atomic mass is 10.2. The van der Waals surface area contributed by atoms with Crippen molar-refractivity contribution in [3.63, 3.8) is 0 Å². The van der Waals surface area contributed by atoms with Gasteiger partial charge in [0.25, 0.3) is 5.91 Å². The summed E-state index contributed by atoms with van der Waals surface area (Å²) in [4.78, 5) is 11.2. The molecule has 0 aliphatic carbocycles. The molecule has 0 aromatic heterocycles. The maximum atomic E-state index is 11.2. The number of halogens is 1. The molecule has 0 saturated heterocycles. The molecule has 0 saturated carbocycles. The Kier molecular flexibility index (Phi) is 6.81. The first-order chi connectivity index (χ1) is 12.1. The maximum Gasteiger partial charge on any atom is 0.254 e. The molecular weight excluding hydrogens is 342 g/mol. The third kappa shape index (κ3) is 5.52. The molecular formula is C18H16ClN3O3. The van der Waals surface area contributed by atoms with Crippen molar-refractivity contribution in [1.82, 2.24) is 5.43 Å². The van der Waals surface area contributed by atoms with Crippen molar-refractivity contribution in [2.75, 3.05) is 7.11 Å². The highest BCUT2D eigenvalue weighted by molar-refractivity contribution is 6.31. The van der Waals surface area contributed by atoms with Crippen molar-refractivity contribution in [2.24, 2.45) is 5.10 Å². The molecule has 0 aliphatic rings. The quantitative estimate of drug-likeness (QED) is 0.608. The van der Waals surface area contributed by atoms with Crippen molar-refractivity contribution in [2.45, 2.75) is 13.0 Å². The Balaban J connectivity index is 2.04. The lowest BCUT2D eigenvalue weighted by Gasteiger charge is -2.12. The van der Waals surface area contributed by atoms with Crippen LogP contribution in [0.5, 0.6) is 11.5 Å². The molecule has 128 valence electrons. The number of nitrogens with zero attached hydrogens (tertiary/aromatic N) is 2. The summed E-state index contributed by atoms with van der Waals surface area (Å²) in [5.74, 6) is 0.623. The van der Waals surface area contributed by atoms with Gasteiger partial charge < -0.3 is 9.47 Å². The fourth-order valence-corrected chi connectivity index (χ4v) is 2.14. The van der Waals surface area contributed by atoms with E-state index in [0.29, 0.717) is 28.7 Å². The Morgan fingerprint density at radius 1 is 1.32 bits per heavy atom. The van der Waals surface area contributed by atoms with E-state index in [1.807, 2.05) is 18.2 Å². The van der Waals surface area contributed by atoms with Gasteiger partial charge in [0.1, 0.15) is 13.0 Å². The van der Waals surface area contributed by atoms with Crippen LogP contribution >= 0.6 is 11.6 Å². The van der Waals surface area contributed by atoms with Gasteiger partial charge in [-0.1, -0.05) is 29.8 Å². The predicted molar refractivity (Wildman–Crippen MR) is 94.7 cm³/mol. The first-order valence-corrected chi connectivity index (χ1v) is 7.75. The Labute approximate surface area is 150 Å². The van der Waals surface area contributed by atoms with Gasteiger partial charge in [0.15, 0.2) is 11.5 Å². The van der Waals surface area contributed by atoms with E-state index in [1.165, 1.54) is 13.3 Å². The highest BCUT2D eigenvalue weighted by Crippen LogP contribution is 2.29. The SMILES string of the molecule is COc1cc(/C=N\NC(=O)CC#N)ccc1OCc1ccccc1Cl. The summed E-state index contributed by atoms with van der Waals surface area (Å²) >= 11 is 6.11. The van der Waals surface area contributed by atoms with Crippen LogP contribution in [0.1, 0.15) is 17.5 Å². The number of benzene rings is 2. The van der Waals surface area contributed by atoms with Crippen molar-refractivity contribution in [3.05, 3.63) is 58.6 Å². The second-order valence-electron chi connectivity index (χ2n) is 4.92. The van der Waals surface area contributed by atoms with Crippen LogP contribution < -0.4 is 14.9 Å². The van der Waals surface area contributed by atoms with Crippen LogP contribution in [0.3, 0.4) is 0 Å². The van der Waals surface area contributed by atoms with E-state index >= 15 is 0 Å². The Hall–Kier alpha value is -3.04. The maximum absolute atomic E-state index is 11.2. The third-order valence-electron chi connectivity index (χ3n) is 3.17. The standard InChI is InChI=1S/C18H16ClN3O3/c1-24-17-10-13(11-21-22-18(23)8-9-20)6-7-16(17)25-12-14-4-2-3-5-15(14)19/h2-7,10-11H,8,12H2,1H3,(H,22,23)/b21-11-. The van der Waals surface area contributed by atoms with E-state index in [1.54, 1.807) is 30.3 Å². The number of hydrogen-bond acceptors (Lipinski definition) is 5. The summed E-state index contributed by atoms with van der Waals surface area (Å²) in [6.07, 6.45) is 1.21. The summed E-state index contributed by atoms with van der Waals surface area (Å²) in [6.45, 7) is 0.313. The summed E-state index contributed by atoms with van der Waals surface area (Å²) < 4.78 is 11.1. The highest BCUT2D eigenvalue weighted by Gasteiger charge is 2.07. The van der Waals surface area contributed by atoms with Crippen molar-refractivity contribution in [1.29, 1.82) is 5.26 Å². The number of rotatable bonds is 7. The van der Waals surface area contributed by atoms with Crippen LogP contribution in [0.15, 0.2) is 47.6 Å². The van der Waals surface area contributed by atoms with E-state index in [0.717, 1.165) is 5.56 Å². The Morgan fingerprint density at radius 3 is 2.84 bits per heavy atom. The number of hydrazone groups is 1. The van der Waals surface area contributed by atoms with Crippen LogP contribution in [0.25, 0.3) is 0 Å². The molecule has 6 nitrogen and oxygen atoms in total. The summed E-state index contributed by atoms with van der Waals surface area (Å²) in [6, 6.07) is 14.4. The first-order valence-electron chi connectivity index (χ1n) is 7.37. The molecule has 0 aliphatic heterocycles. The van der Waals surface area contributed by atoms with Gasteiger partial charge >= 0.3 is 0 Å². The van der Waals surface area contributed by atoms with Crippen molar-refractivity contribution < 1.29 is 14.3 Å². The second-order valence-corrected chi connectivity index (χ2v) is 5.33. The number of methoxy groups -OCH3 is 1. The fourth-order valence-electron chi connectivity index (χ4n) is 1.94. The van der Waals surface area contributed by atoms with Gasteiger partial charge in [-0.2, -0.15) is 10.4 Å². The van der Waals surface area contributed by atoms with Gasteiger partial charge in [-0.05, 0) is 29.8 Å². The van der Waals surface area contributed by atoms with E-state index in [4.69, 9.17) is 26.3 Å². The molecule has 0 unspecified atom stereocenters. The number of nitriles is 1. The summed E-state index contributed by atoms with van der Waals surface area (Å²) in [5.41, 5.74) is 3.84. The van der Waals surface area contributed by atoms with Gasteiger partial charge in [-0.25, -0.2) is 5.43 Å². The number of ether oxygens (including phenoxy) is 2. The van der Waals surface area contributed by atoms with Crippen LogP contribution in [0, 0.1) is 11.3 Å². The van der Waals surface area contributed by atoms with E-state index < -0.39 is 5.91 Å². The smallest absolute Gasteiger partial charge is 0.254 e. The molecule has 2 aromatic carbocycles. The predicted octanol–water partition coefficient (Wildman–Crippen LogP) is 3.29. The first kappa shape index (κ1) is 18.3. The van der Waals surface area contributed by atoms with Gasteiger partial charge in [0, 0.05) is 10.6 Å². The normalized spacial score (nSPS) is 10.3. The third-order valence-corrected chi connectivity index (χ3v) is 3.54. The molecule has 0 radical (unpaired) electrons. The molecule has 0 spiro atoms. The van der Waals surface area contributed by atoms with Gasteiger partial charge in [-0.15, -0.1) is 0 Å². The molecule has 1 amide bonds. The van der Waals surface area contributed by atoms with Crippen molar-refractivity contribution >= 4 is 23.7 Å². The van der Waals surface area contributed by atoms with E-state index in [9.17, 15) is 4.79 Å². The summed E-state index contributed by atoms with van der Waals surface area (Å²) in [5, 5.41) is 12.8. The van der Waals surface area contributed by atoms with Crippen LogP contribution in [-0.4, -0.2) is 19.2 Å². The molecule has 1 N–H and O–H groups in total. The van der Waals surface area contributed by atoms with Crippen LogP contribution in [0.2, 0.25) is 5.02 Å². The van der Waals surface area contributed by atoms with Gasteiger partial charge in [0.2, 0.25) is 0 Å². The number of carbonyl (C=O) groups excluding carboxylic acids is 1. The van der Waals surface area contributed by atoms with Gasteiger partial charge in [-0.3, -0.25) is 4.79 Å². The minimum Gasteiger partial charge on any atom is -0.493 e. The van der Waals surface area contributed by atoms with Crippen molar-refractivity contribution in [3.8, 4) is 17.6 Å². The monoisotopic (exact) mass is 357 g/mol. The fraction of sp³-hybridized carbons (Fsp3) is 0.167. The molecule has 2 rings (SSSR count).